The van der Waals surface area contributed by atoms with E-state index in [9.17, 15) is 13.2 Å². The minimum atomic E-state index is -3.17. The summed E-state index contributed by atoms with van der Waals surface area (Å²) in [5.74, 6) is 0.344. The lowest BCUT2D eigenvalue weighted by Crippen LogP contribution is -2.41. The molecule has 29 heavy (non-hydrogen) atoms. The van der Waals surface area contributed by atoms with Crippen LogP contribution in [0.5, 0.6) is 5.75 Å². The first-order valence-corrected chi connectivity index (χ1v) is 12.5. The molecular formula is C19H22ClN3O4S2. The largest absolute Gasteiger partial charge is 0.494 e. The summed E-state index contributed by atoms with van der Waals surface area (Å²) < 4.78 is 29.5. The van der Waals surface area contributed by atoms with Crippen LogP contribution in [-0.2, 0) is 16.4 Å². The van der Waals surface area contributed by atoms with Crippen molar-refractivity contribution in [1.82, 2.24) is 14.9 Å². The lowest BCUT2D eigenvalue weighted by atomic mass is 10.1. The lowest BCUT2D eigenvalue weighted by Gasteiger charge is -2.28. The summed E-state index contributed by atoms with van der Waals surface area (Å²) in [5.41, 5.74) is 0.947. The van der Waals surface area contributed by atoms with Crippen LogP contribution < -0.4 is 4.74 Å². The van der Waals surface area contributed by atoms with Crippen LogP contribution in [0.1, 0.15) is 29.4 Å². The van der Waals surface area contributed by atoms with Crippen LogP contribution in [-0.4, -0.2) is 59.6 Å². The van der Waals surface area contributed by atoms with E-state index in [1.807, 2.05) is 31.2 Å². The fourth-order valence-electron chi connectivity index (χ4n) is 3.18. The third-order valence-electron chi connectivity index (χ3n) is 4.60. The molecule has 1 amide bonds. The Bertz CT molecular complexity index is 983. The van der Waals surface area contributed by atoms with Crippen LogP contribution in [0.4, 0.5) is 0 Å². The third kappa shape index (κ3) is 5.40. The van der Waals surface area contributed by atoms with Gasteiger partial charge in [-0.1, -0.05) is 35.5 Å². The molecule has 1 aliphatic heterocycles. The predicted octanol–water partition coefficient (Wildman–Crippen LogP) is 3.08. The molecule has 10 heteroatoms. The van der Waals surface area contributed by atoms with Gasteiger partial charge >= 0.3 is 0 Å². The highest BCUT2D eigenvalue weighted by Crippen LogP contribution is 2.25. The quantitative estimate of drug-likeness (QED) is 0.468. The van der Waals surface area contributed by atoms with Crippen molar-refractivity contribution in [2.45, 2.75) is 31.1 Å². The molecule has 2 aromatic rings. The van der Waals surface area contributed by atoms with Gasteiger partial charge in [0.25, 0.3) is 5.91 Å². The molecule has 0 spiro atoms. The van der Waals surface area contributed by atoms with E-state index in [0.717, 1.165) is 11.3 Å². The van der Waals surface area contributed by atoms with E-state index >= 15 is 0 Å². The molecule has 3 rings (SSSR count). The Labute approximate surface area is 179 Å². The number of carbonyl (C=O) groups is 1. The van der Waals surface area contributed by atoms with Crippen molar-refractivity contribution in [2.75, 3.05) is 24.4 Å². The summed E-state index contributed by atoms with van der Waals surface area (Å²) in [6, 6.07) is 6.96. The fourth-order valence-corrected chi connectivity index (χ4v) is 5.42. The first-order valence-electron chi connectivity index (χ1n) is 9.12. The smallest absolute Gasteiger partial charge is 0.274 e. The van der Waals surface area contributed by atoms with Gasteiger partial charge in [0.15, 0.2) is 20.7 Å². The van der Waals surface area contributed by atoms with E-state index in [-0.39, 0.29) is 28.8 Å². The molecule has 0 N–H and O–H groups in total. The van der Waals surface area contributed by atoms with Crippen molar-refractivity contribution in [3.8, 4) is 5.75 Å². The normalized spacial score (nSPS) is 17.8. The molecule has 0 unspecified atom stereocenters. The average Bonchev–Trinajstić information content (AvgIpc) is 3.07. The number of rotatable bonds is 7. The Morgan fingerprint density at radius 1 is 1.34 bits per heavy atom. The van der Waals surface area contributed by atoms with Gasteiger partial charge in [-0.15, -0.1) is 0 Å². The molecule has 1 aromatic carbocycles. The number of ether oxygens (including phenoxy) is 1. The van der Waals surface area contributed by atoms with Crippen LogP contribution in [0.2, 0.25) is 5.02 Å². The molecule has 1 atom stereocenters. The van der Waals surface area contributed by atoms with Gasteiger partial charge in [-0.3, -0.25) is 4.79 Å². The zero-order chi connectivity index (χ0) is 21.0. The first kappa shape index (κ1) is 21.9. The standard InChI is InChI=1S/C19H22ClN3O4S2/c1-3-27-15-6-4-13(5-7-15)11-23(14-8-9-29(25,26)12-14)18(24)17-16(20)10-21-19(22-17)28-2/h4-7,10,14H,3,8-9,11-12H2,1-2H3/t14-/m1/s1. The number of halogens is 1. The SMILES string of the molecule is CCOc1ccc(CN(C(=O)c2nc(SC)ncc2Cl)[C@@H]2CCS(=O)(=O)C2)cc1. The van der Waals surface area contributed by atoms with Crippen molar-refractivity contribution in [1.29, 1.82) is 0 Å². The molecule has 1 aliphatic rings. The fraction of sp³-hybridized carbons (Fsp3) is 0.421. The van der Waals surface area contributed by atoms with Crippen LogP contribution in [0.3, 0.4) is 0 Å². The Balaban J connectivity index is 1.92. The lowest BCUT2D eigenvalue weighted by molar-refractivity contribution is 0.0674. The van der Waals surface area contributed by atoms with E-state index in [0.29, 0.717) is 18.2 Å². The van der Waals surface area contributed by atoms with E-state index in [2.05, 4.69) is 9.97 Å². The van der Waals surface area contributed by atoms with Crippen molar-refractivity contribution < 1.29 is 17.9 Å². The highest BCUT2D eigenvalue weighted by molar-refractivity contribution is 7.98. The monoisotopic (exact) mass is 455 g/mol. The summed E-state index contributed by atoms with van der Waals surface area (Å²) in [6.45, 7) is 2.72. The van der Waals surface area contributed by atoms with Crippen molar-refractivity contribution in [3.63, 3.8) is 0 Å². The second-order valence-electron chi connectivity index (χ2n) is 6.62. The van der Waals surface area contributed by atoms with Crippen LogP contribution >= 0.6 is 23.4 Å². The first-order chi connectivity index (χ1) is 13.8. The second kappa shape index (κ2) is 9.32. The molecule has 2 heterocycles. The molecule has 1 fully saturated rings. The molecule has 156 valence electrons. The molecular weight excluding hydrogens is 434 g/mol. The van der Waals surface area contributed by atoms with E-state index in [1.165, 1.54) is 18.0 Å². The number of amides is 1. The van der Waals surface area contributed by atoms with Gasteiger partial charge in [-0.25, -0.2) is 18.4 Å². The van der Waals surface area contributed by atoms with Gasteiger partial charge < -0.3 is 9.64 Å². The van der Waals surface area contributed by atoms with E-state index < -0.39 is 21.8 Å². The topological polar surface area (TPSA) is 89.5 Å². The number of sulfone groups is 1. The maximum atomic E-state index is 13.3. The predicted molar refractivity (Wildman–Crippen MR) is 113 cm³/mol. The summed E-state index contributed by atoms with van der Waals surface area (Å²) in [5, 5.41) is 0.572. The van der Waals surface area contributed by atoms with Gasteiger partial charge in [0, 0.05) is 12.6 Å². The molecule has 1 saturated heterocycles. The Morgan fingerprint density at radius 2 is 2.07 bits per heavy atom. The summed E-state index contributed by atoms with van der Waals surface area (Å²) in [7, 11) is -3.17. The van der Waals surface area contributed by atoms with Crippen LogP contribution in [0, 0.1) is 0 Å². The molecule has 7 nitrogen and oxygen atoms in total. The molecule has 1 aromatic heterocycles. The van der Waals surface area contributed by atoms with Gasteiger partial charge in [0.05, 0.1) is 29.3 Å². The summed E-state index contributed by atoms with van der Waals surface area (Å²) in [4.78, 5) is 23.2. The van der Waals surface area contributed by atoms with Crippen molar-refractivity contribution in [2.24, 2.45) is 0 Å². The number of benzene rings is 1. The van der Waals surface area contributed by atoms with Gasteiger partial charge in [-0.05, 0) is 37.3 Å². The molecule has 0 aliphatic carbocycles. The summed E-state index contributed by atoms with van der Waals surface area (Å²) >= 11 is 7.50. The number of aromatic nitrogens is 2. The highest BCUT2D eigenvalue weighted by Gasteiger charge is 2.36. The van der Waals surface area contributed by atoms with Gasteiger partial charge in [0.1, 0.15) is 5.75 Å². The second-order valence-corrected chi connectivity index (χ2v) is 10.0. The van der Waals surface area contributed by atoms with Crippen molar-refractivity contribution in [3.05, 3.63) is 46.7 Å². The number of hydrogen-bond donors (Lipinski definition) is 0. The molecule has 0 radical (unpaired) electrons. The Morgan fingerprint density at radius 3 is 2.66 bits per heavy atom. The maximum Gasteiger partial charge on any atom is 0.274 e. The summed E-state index contributed by atoms with van der Waals surface area (Å²) in [6.07, 6.45) is 3.59. The van der Waals surface area contributed by atoms with Crippen LogP contribution in [0.25, 0.3) is 0 Å². The number of carbonyl (C=O) groups excluding carboxylic acids is 1. The Kier molecular flexibility index (Phi) is 7.02. The number of hydrogen-bond acceptors (Lipinski definition) is 7. The zero-order valence-corrected chi connectivity index (χ0v) is 18.6. The highest BCUT2D eigenvalue weighted by atomic mass is 35.5. The average molecular weight is 456 g/mol. The van der Waals surface area contributed by atoms with Gasteiger partial charge in [0.2, 0.25) is 0 Å². The number of thioether (sulfide) groups is 1. The van der Waals surface area contributed by atoms with E-state index in [4.69, 9.17) is 16.3 Å². The molecule has 0 saturated carbocycles. The number of nitrogens with zero attached hydrogens (tertiary/aromatic N) is 3. The van der Waals surface area contributed by atoms with Crippen LogP contribution in [0.15, 0.2) is 35.6 Å². The van der Waals surface area contributed by atoms with E-state index in [1.54, 1.807) is 11.2 Å². The molecule has 0 bridgehead atoms. The third-order valence-corrected chi connectivity index (χ3v) is 7.19. The minimum Gasteiger partial charge on any atom is -0.494 e. The van der Waals surface area contributed by atoms with Gasteiger partial charge in [-0.2, -0.15) is 0 Å². The zero-order valence-electron chi connectivity index (χ0n) is 16.2. The maximum absolute atomic E-state index is 13.3. The van der Waals surface area contributed by atoms with Crippen molar-refractivity contribution >= 4 is 39.1 Å². The Hall–Kier alpha value is -1.84. The minimum absolute atomic E-state index is 0.0616.